The molecule has 34 heavy (non-hydrogen) atoms. The van der Waals surface area contributed by atoms with E-state index in [1.54, 1.807) is 18.2 Å². The Morgan fingerprint density at radius 2 is 1.79 bits per heavy atom. The molecule has 0 unspecified atom stereocenters. The minimum atomic E-state index is -4.41. The van der Waals surface area contributed by atoms with Crippen LogP contribution in [0.2, 0.25) is 0 Å². The second kappa shape index (κ2) is 9.99. The van der Waals surface area contributed by atoms with E-state index >= 15 is 0 Å². The van der Waals surface area contributed by atoms with Crippen LogP contribution in [0.5, 0.6) is 0 Å². The lowest BCUT2D eigenvalue weighted by Gasteiger charge is -2.43. The number of likely N-dealkylation sites (tertiary alicyclic amines) is 1. The number of alkyl halides is 3. The number of aromatic nitrogens is 1. The molecule has 1 aromatic carbocycles. The summed E-state index contributed by atoms with van der Waals surface area (Å²) in [5, 5.41) is 0.594. The third kappa shape index (κ3) is 5.19. The Morgan fingerprint density at radius 1 is 1.03 bits per heavy atom. The zero-order valence-electron chi connectivity index (χ0n) is 19.9. The fourth-order valence-corrected chi connectivity index (χ4v) is 6.25. The lowest BCUT2D eigenvalue weighted by atomic mass is 9.88. The molecule has 0 saturated carbocycles. The molecule has 5 nitrogen and oxygen atoms in total. The first-order chi connectivity index (χ1) is 16.4. The predicted molar refractivity (Wildman–Crippen MR) is 128 cm³/mol. The lowest BCUT2D eigenvalue weighted by molar-refractivity contribution is -0.136. The molecular weight excluding hydrogens is 441 g/mol. The molecule has 8 heteroatoms. The number of piperidine rings is 2. The summed E-state index contributed by atoms with van der Waals surface area (Å²) in [7, 11) is 0. The molecule has 0 radical (unpaired) electrons. The van der Waals surface area contributed by atoms with Crippen LogP contribution in [-0.4, -0.2) is 79.9 Å². The van der Waals surface area contributed by atoms with Gasteiger partial charge in [-0.05, 0) is 68.5 Å². The standard InChI is InChI=1S/C26H35F3N4O/c1-19-15-20(17-31-9-6-21(7-10-31)32-11-13-34-14-12-32)18-33(16-19)24-5-4-23(26(27,28)29)25-22(24)3-2-8-30-25/h2-5,8,19-21H,6-7,9-18H2,1H3/t19-,20+/m1/s1. The first kappa shape index (κ1) is 23.8. The van der Waals surface area contributed by atoms with Gasteiger partial charge in [-0.2, -0.15) is 13.2 Å². The van der Waals surface area contributed by atoms with E-state index in [4.69, 9.17) is 4.74 Å². The number of nitrogens with zero attached hydrogens (tertiary/aromatic N) is 4. The summed E-state index contributed by atoms with van der Waals surface area (Å²) in [4.78, 5) is 11.6. The average molecular weight is 477 g/mol. The summed E-state index contributed by atoms with van der Waals surface area (Å²) in [5.74, 6) is 1.01. The summed E-state index contributed by atoms with van der Waals surface area (Å²) < 4.78 is 46.2. The van der Waals surface area contributed by atoms with E-state index in [1.165, 1.54) is 25.1 Å². The quantitative estimate of drug-likeness (QED) is 0.648. The number of rotatable bonds is 4. The van der Waals surface area contributed by atoms with Gasteiger partial charge in [0.1, 0.15) is 0 Å². The fourth-order valence-electron chi connectivity index (χ4n) is 6.25. The van der Waals surface area contributed by atoms with Crippen molar-refractivity contribution in [2.24, 2.45) is 11.8 Å². The molecule has 5 rings (SSSR count). The van der Waals surface area contributed by atoms with Crippen LogP contribution in [0.3, 0.4) is 0 Å². The molecule has 0 amide bonds. The summed E-state index contributed by atoms with van der Waals surface area (Å²) in [6.45, 7) is 11.1. The maximum atomic E-state index is 13.6. The Bertz CT molecular complexity index is 970. The monoisotopic (exact) mass is 476 g/mol. The van der Waals surface area contributed by atoms with Gasteiger partial charge < -0.3 is 14.5 Å². The fraction of sp³-hybridized carbons (Fsp3) is 0.654. The van der Waals surface area contributed by atoms with Crippen molar-refractivity contribution >= 4 is 16.6 Å². The highest BCUT2D eigenvalue weighted by Crippen LogP contribution is 2.39. The molecule has 186 valence electrons. The van der Waals surface area contributed by atoms with Gasteiger partial charge in [-0.15, -0.1) is 0 Å². The Kier molecular flexibility index (Phi) is 7.00. The van der Waals surface area contributed by atoms with Crippen LogP contribution >= 0.6 is 0 Å². The van der Waals surface area contributed by atoms with E-state index in [9.17, 15) is 13.2 Å². The van der Waals surface area contributed by atoms with Crippen LogP contribution in [0.1, 0.15) is 31.7 Å². The Labute approximate surface area is 199 Å². The normalized spacial score (nSPS) is 26.3. The average Bonchev–Trinajstić information content (AvgIpc) is 2.83. The molecule has 2 atom stereocenters. The molecule has 4 heterocycles. The maximum absolute atomic E-state index is 13.6. The minimum absolute atomic E-state index is 0.0486. The molecule has 0 N–H and O–H groups in total. The van der Waals surface area contributed by atoms with Crippen molar-refractivity contribution < 1.29 is 17.9 Å². The van der Waals surface area contributed by atoms with Crippen molar-refractivity contribution in [3.8, 4) is 0 Å². The molecule has 3 fully saturated rings. The van der Waals surface area contributed by atoms with Crippen LogP contribution in [-0.2, 0) is 10.9 Å². The van der Waals surface area contributed by atoms with Crippen LogP contribution in [0.25, 0.3) is 10.9 Å². The summed E-state index contributed by atoms with van der Waals surface area (Å²) >= 11 is 0. The number of pyridine rings is 1. The van der Waals surface area contributed by atoms with Gasteiger partial charge in [0, 0.05) is 56.0 Å². The van der Waals surface area contributed by atoms with Crippen molar-refractivity contribution in [2.75, 3.05) is 63.9 Å². The number of benzene rings is 1. The Morgan fingerprint density at radius 3 is 2.53 bits per heavy atom. The van der Waals surface area contributed by atoms with Gasteiger partial charge in [-0.3, -0.25) is 9.88 Å². The van der Waals surface area contributed by atoms with E-state index in [0.29, 0.717) is 23.3 Å². The highest BCUT2D eigenvalue weighted by Gasteiger charge is 2.35. The zero-order chi connectivity index (χ0) is 23.7. The van der Waals surface area contributed by atoms with Gasteiger partial charge in [-0.1, -0.05) is 6.92 Å². The largest absolute Gasteiger partial charge is 0.418 e. The van der Waals surface area contributed by atoms with Gasteiger partial charge in [0.05, 0.1) is 24.3 Å². The van der Waals surface area contributed by atoms with E-state index < -0.39 is 11.7 Å². The zero-order valence-corrected chi connectivity index (χ0v) is 19.9. The second-order valence-corrected chi connectivity index (χ2v) is 10.3. The molecule has 3 saturated heterocycles. The number of morpholine rings is 1. The van der Waals surface area contributed by atoms with Gasteiger partial charge in [0.25, 0.3) is 0 Å². The number of fused-ring (bicyclic) bond motifs is 1. The van der Waals surface area contributed by atoms with Crippen LogP contribution in [0.15, 0.2) is 30.5 Å². The van der Waals surface area contributed by atoms with E-state index in [-0.39, 0.29) is 5.52 Å². The Hall–Kier alpha value is -1.90. The molecule has 0 bridgehead atoms. The molecular formula is C26H35F3N4O. The minimum Gasteiger partial charge on any atom is -0.379 e. The highest BCUT2D eigenvalue weighted by atomic mass is 19.4. The summed E-state index contributed by atoms with van der Waals surface area (Å²) in [5.41, 5.74) is 0.266. The second-order valence-electron chi connectivity index (χ2n) is 10.3. The number of hydrogen-bond acceptors (Lipinski definition) is 5. The molecule has 1 aromatic heterocycles. The first-order valence-corrected chi connectivity index (χ1v) is 12.6. The van der Waals surface area contributed by atoms with Gasteiger partial charge >= 0.3 is 6.18 Å². The van der Waals surface area contributed by atoms with Crippen LogP contribution in [0.4, 0.5) is 18.9 Å². The van der Waals surface area contributed by atoms with Gasteiger partial charge in [0.2, 0.25) is 0 Å². The molecule has 0 aliphatic carbocycles. The summed E-state index contributed by atoms with van der Waals surface area (Å²) in [6, 6.07) is 7.03. The lowest BCUT2D eigenvalue weighted by Crippen LogP contribution is -2.51. The smallest absolute Gasteiger partial charge is 0.379 e. The number of anilines is 1. The topological polar surface area (TPSA) is 31.8 Å². The number of ether oxygens (including phenoxy) is 1. The third-order valence-electron chi connectivity index (χ3n) is 7.77. The molecule has 0 spiro atoms. The van der Waals surface area contributed by atoms with E-state index in [0.717, 1.165) is 71.1 Å². The maximum Gasteiger partial charge on any atom is 0.418 e. The number of hydrogen-bond donors (Lipinski definition) is 0. The van der Waals surface area contributed by atoms with E-state index in [2.05, 4.69) is 26.6 Å². The van der Waals surface area contributed by atoms with Crippen molar-refractivity contribution in [2.45, 2.75) is 38.4 Å². The number of halogens is 3. The SMILES string of the molecule is C[C@@H]1C[C@@H](CN2CCC(N3CCOCC3)CC2)CN(c2ccc(C(F)(F)F)c3ncccc23)C1. The molecule has 3 aliphatic heterocycles. The molecule has 3 aliphatic rings. The first-order valence-electron chi connectivity index (χ1n) is 12.6. The molecule has 2 aromatic rings. The van der Waals surface area contributed by atoms with Crippen LogP contribution < -0.4 is 4.90 Å². The third-order valence-corrected chi connectivity index (χ3v) is 7.77. The highest BCUT2D eigenvalue weighted by molar-refractivity contribution is 5.94. The van der Waals surface area contributed by atoms with Crippen molar-refractivity contribution in [3.05, 3.63) is 36.0 Å². The van der Waals surface area contributed by atoms with Crippen molar-refractivity contribution in [1.29, 1.82) is 0 Å². The predicted octanol–water partition coefficient (Wildman–Crippen LogP) is 4.51. The Balaban J connectivity index is 1.26. The van der Waals surface area contributed by atoms with Crippen molar-refractivity contribution in [3.63, 3.8) is 0 Å². The van der Waals surface area contributed by atoms with Crippen LogP contribution in [0, 0.1) is 11.8 Å². The van der Waals surface area contributed by atoms with Gasteiger partial charge in [-0.25, -0.2) is 0 Å². The summed E-state index contributed by atoms with van der Waals surface area (Å²) in [6.07, 6.45) is 0.624. The van der Waals surface area contributed by atoms with E-state index in [1.807, 2.05) is 0 Å². The van der Waals surface area contributed by atoms with Crippen molar-refractivity contribution in [1.82, 2.24) is 14.8 Å². The van der Waals surface area contributed by atoms with Gasteiger partial charge in [0.15, 0.2) is 0 Å².